The van der Waals surface area contributed by atoms with Gasteiger partial charge in [-0.05, 0) is 36.1 Å². The molecule has 0 atom stereocenters. The average Bonchev–Trinajstić information content (AvgIpc) is 3.21. The Hall–Kier alpha value is -1.81. The van der Waals surface area contributed by atoms with Gasteiger partial charge in [-0.25, -0.2) is 14.4 Å². The van der Waals surface area contributed by atoms with Gasteiger partial charge < -0.3 is 5.32 Å². The van der Waals surface area contributed by atoms with Crippen molar-refractivity contribution in [2.24, 2.45) is 0 Å². The van der Waals surface area contributed by atoms with Gasteiger partial charge in [0.05, 0.1) is 0 Å². The van der Waals surface area contributed by atoms with Crippen LogP contribution in [0.5, 0.6) is 0 Å². The van der Waals surface area contributed by atoms with E-state index in [-0.39, 0.29) is 5.82 Å². The molecule has 0 bridgehead atoms. The Morgan fingerprint density at radius 2 is 2.00 bits per heavy atom. The van der Waals surface area contributed by atoms with Crippen molar-refractivity contribution in [2.75, 3.05) is 0 Å². The third-order valence-electron chi connectivity index (χ3n) is 3.10. The monoisotopic (exact) mass is 243 g/mol. The Kier molecular flexibility index (Phi) is 3.02. The Balaban J connectivity index is 1.91. The maximum Gasteiger partial charge on any atom is 0.123 e. The molecule has 3 rings (SSSR count). The molecule has 0 saturated heterocycles. The first-order chi connectivity index (χ1) is 8.83. The van der Waals surface area contributed by atoms with Gasteiger partial charge in [-0.3, -0.25) is 0 Å². The molecular formula is C14H14FN3. The van der Waals surface area contributed by atoms with Crippen LogP contribution in [0, 0.1) is 5.82 Å². The number of nitrogens with zero attached hydrogens (tertiary/aromatic N) is 2. The van der Waals surface area contributed by atoms with E-state index in [4.69, 9.17) is 0 Å². The van der Waals surface area contributed by atoms with Crippen molar-refractivity contribution in [2.45, 2.75) is 25.4 Å². The smallest absolute Gasteiger partial charge is 0.123 e. The molecule has 1 fully saturated rings. The molecule has 1 aromatic heterocycles. The van der Waals surface area contributed by atoms with Crippen molar-refractivity contribution in [1.82, 2.24) is 15.3 Å². The molecule has 0 aliphatic heterocycles. The summed E-state index contributed by atoms with van der Waals surface area (Å²) >= 11 is 0. The fourth-order valence-electron chi connectivity index (χ4n) is 1.97. The van der Waals surface area contributed by atoms with Gasteiger partial charge >= 0.3 is 0 Å². The van der Waals surface area contributed by atoms with E-state index in [1.54, 1.807) is 24.5 Å². The topological polar surface area (TPSA) is 37.8 Å². The first-order valence-electron chi connectivity index (χ1n) is 6.10. The van der Waals surface area contributed by atoms with E-state index >= 15 is 0 Å². The number of rotatable bonds is 4. The van der Waals surface area contributed by atoms with Gasteiger partial charge in [0.15, 0.2) is 0 Å². The molecule has 1 aliphatic carbocycles. The van der Waals surface area contributed by atoms with Crippen molar-refractivity contribution in [3.8, 4) is 11.1 Å². The van der Waals surface area contributed by atoms with E-state index in [9.17, 15) is 4.39 Å². The lowest BCUT2D eigenvalue weighted by molar-refractivity contribution is 0.620. The predicted molar refractivity (Wildman–Crippen MR) is 67.3 cm³/mol. The molecule has 0 unspecified atom stereocenters. The van der Waals surface area contributed by atoms with Crippen LogP contribution in [-0.4, -0.2) is 16.0 Å². The quantitative estimate of drug-likeness (QED) is 0.896. The van der Waals surface area contributed by atoms with Crippen molar-refractivity contribution in [3.05, 3.63) is 48.3 Å². The Morgan fingerprint density at radius 1 is 1.22 bits per heavy atom. The number of aromatic nitrogens is 2. The Morgan fingerprint density at radius 3 is 2.72 bits per heavy atom. The number of benzene rings is 1. The zero-order valence-corrected chi connectivity index (χ0v) is 9.94. The summed E-state index contributed by atoms with van der Waals surface area (Å²) in [5.74, 6) is -0.205. The van der Waals surface area contributed by atoms with Crippen LogP contribution in [0.1, 0.15) is 18.4 Å². The van der Waals surface area contributed by atoms with E-state index in [0.717, 1.165) is 16.7 Å². The summed E-state index contributed by atoms with van der Waals surface area (Å²) in [6, 6.07) is 5.45. The minimum absolute atomic E-state index is 0.205. The van der Waals surface area contributed by atoms with Crippen molar-refractivity contribution in [3.63, 3.8) is 0 Å². The highest BCUT2D eigenvalue weighted by Crippen LogP contribution is 2.25. The van der Waals surface area contributed by atoms with Crippen LogP contribution < -0.4 is 5.32 Å². The van der Waals surface area contributed by atoms with Crippen LogP contribution in [0.3, 0.4) is 0 Å². The molecule has 1 aromatic carbocycles. The summed E-state index contributed by atoms with van der Waals surface area (Å²) in [5, 5.41) is 3.40. The lowest BCUT2D eigenvalue weighted by atomic mass is 10.0. The van der Waals surface area contributed by atoms with E-state index in [0.29, 0.717) is 12.6 Å². The summed E-state index contributed by atoms with van der Waals surface area (Å²) < 4.78 is 13.3. The molecule has 1 saturated carbocycles. The maximum absolute atomic E-state index is 13.3. The summed E-state index contributed by atoms with van der Waals surface area (Å²) in [7, 11) is 0. The zero-order chi connectivity index (χ0) is 12.4. The second-order valence-electron chi connectivity index (χ2n) is 4.58. The molecule has 0 radical (unpaired) electrons. The minimum atomic E-state index is -0.205. The largest absolute Gasteiger partial charge is 0.310 e. The third-order valence-corrected chi connectivity index (χ3v) is 3.10. The third kappa shape index (κ3) is 2.54. The number of hydrogen-bond acceptors (Lipinski definition) is 3. The zero-order valence-electron chi connectivity index (χ0n) is 9.94. The van der Waals surface area contributed by atoms with Gasteiger partial charge in [-0.2, -0.15) is 0 Å². The Labute approximate surface area is 105 Å². The second-order valence-corrected chi connectivity index (χ2v) is 4.58. The first-order valence-corrected chi connectivity index (χ1v) is 6.10. The summed E-state index contributed by atoms with van der Waals surface area (Å²) in [6.45, 7) is 0.687. The molecule has 0 spiro atoms. The predicted octanol–water partition coefficient (Wildman–Crippen LogP) is 2.53. The molecule has 0 amide bonds. The van der Waals surface area contributed by atoms with E-state index in [1.807, 2.05) is 0 Å². The average molecular weight is 243 g/mol. The van der Waals surface area contributed by atoms with Gasteiger partial charge in [-0.15, -0.1) is 0 Å². The number of hydrogen-bond donors (Lipinski definition) is 1. The fourth-order valence-corrected chi connectivity index (χ4v) is 1.97. The van der Waals surface area contributed by atoms with Gasteiger partial charge in [0.2, 0.25) is 0 Å². The molecule has 18 heavy (non-hydrogen) atoms. The summed E-state index contributed by atoms with van der Waals surface area (Å²) in [4.78, 5) is 8.01. The van der Waals surface area contributed by atoms with Crippen LogP contribution in [0.25, 0.3) is 11.1 Å². The molecule has 1 heterocycles. The van der Waals surface area contributed by atoms with Crippen LogP contribution in [-0.2, 0) is 6.54 Å². The van der Waals surface area contributed by atoms with Gasteiger partial charge in [0.1, 0.15) is 12.1 Å². The van der Waals surface area contributed by atoms with Gasteiger partial charge in [0, 0.05) is 30.5 Å². The van der Waals surface area contributed by atoms with E-state index in [2.05, 4.69) is 15.3 Å². The maximum atomic E-state index is 13.3. The molecule has 2 aromatic rings. The highest BCUT2D eigenvalue weighted by molar-refractivity contribution is 5.65. The van der Waals surface area contributed by atoms with Crippen LogP contribution >= 0.6 is 0 Å². The second kappa shape index (κ2) is 4.82. The van der Waals surface area contributed by atoms with Crippen LogP contribution in [0.2, 0.25) is 0 Å². The lowest BCUT2D eigenvalue weighted by Crippen LogP contribution is -2.16. The van der Waals surface area contributed by atoms with Gasteiger partial charge in [-0.1, -0.05) is 6.07 Å². The molecule has 1 N–H and O–H groups in total. The lowest BCUT2D eigenvalue weighted by Gasteiger charge is -2.10. The van der Waals surface area contributed by atoms with Gasteiger partial charge in [0.25, 0.3) is 0 Å². The molecule has 3 nitrogen and oxygen atoms in total. The molecule has 92 valence electrons. The number of nitrogens with one attached hydrogen (secondary N) is 1. The van der Waals surface area contributed by atoms with E-state index in [1.165, 1.54) is 25.2 Å². The Bertz CT molecular complexity index is 538. The molecular weight excluding hydrogens is 229 g/mol. The molecule has 4 heteroatoms. The standard InChI is InChI=1S/C14H14FN3/c15-12-1-4-14(11-6-16-9-17-7-11)10(5-12)8-18-13-2-3-13/h1,4-7,9,13,18H,2-3,8H2. The normalized spacial score (nSPS) is 14.7. The van der Waals surface area contributed by atoms with E-state index < -0.39 is 0 Å². The highest BCUT2D eigenvalue weighted by atomic mass is 19.1. The van der Waals surface area contributed by atoms with Crippen LogP contribution in [0.4, 0.5) is 4.39 Å². The van der Waals surface area contributed by atoms with Crippen molar-refractivity contribution >= 4 is 0 Å². The minimum Gasteiger partial charge on any atom is -0.310 e. The first kappa shape index (κ1) is 11.3. The summed E-state index contributed by atoms with van der Waals surface area (Å²) in [5.41, 5.74) is 2.87. The van der Waals surface area contributed by atoms with Crippen LogP contribution in [0.15, 0.2) is 36.9 Å². The SMILES string of the molecule is Fc1ccc(-c2cncnc2)c(CNC2CC2)c1. The van der Waals surface area contributed by atoms with Crippen molar-refractivity contribution in [1.29, 1.82) is 0 Å². The molecule has 1 aliphatic rings. The summed E-state index contributed by atoms with van der Waals surface area (Å²) in [6.07, 6.45) is 7.44. The number of halogens is 1. The van der Waals surface area contributed by atoms with Crippen molar-refractivity contribution < 1.29 is 4.39 Å². The fraction of sp³-hybridized carbons (Fsp3) is 0.286. The highest BCUT2D eigenvalue weighted by Gasteiger charge is 2.20.